The molecule has 4 rings (SSSR count). The summed E-state index contributed by atoms with van der Waals surface area (Å²) in [5, 5.41) is 0. The third kappa shape index (κ3) is 4.27. The van der Waals surface area contributed by atoms with Gasteiger partial charge in [0, 0.05) is 5.56 Å². The fourth-order valence-electron chi connectivity index (χ4n) is 3.98. The van der Waals surface area contributed by atoms with Gasteiger partial charge in [-0.25, -0.2) is 4.39 Å². The highest BCUT2D eigenvalue weighted by molar-refractivity contribution is 5.73. The van der Waals surface area contributed by atoms with E-state index in [2.05, 4.69) is 50.1 Å². The zero-order chi connectivity index (χ0) is 21.8. The largest absolute Gasteiger partial charge is 0.255 e. The molecule has 0 saturated heterocycles. The second kappa shape index (κ2) is 8.98. The Morgan fingerprint density at radius 3 is 1.84 bits per heavy atom. The third-order valence-electron chi connectivity index (χ3n) is 5.48. The topological polar surface area (TPSA) is 12.9 Å². The SMILES string of the molecule is C#Cc1c(-c2ccc(F)cc2)cc(C(c2ccccc2)c2ccccc2)nc1C(C)C. The molecule has 0 radical (unpaired) electrons. The van der Waals surface area contributed by atoms with Gasteiger partial charge in [-0.3, -0.25) is 4.98 Å². The molecule has 0 N–H and O–H groups in total. The predicted octanol–water partition coefficient (Wildman–Crippen LogP) is 7.17. The lowest BCUT2D eigenvalue weighted by molar-refractivity contribution is 0.628. The minimum atomic E-state index is -0.268. The standard InChI is InChI=1S/C29H24FN/c1-4-25-26(21-15-17-24(30)18-16-21)19-27(31-29(25)20(2)3)28(22-11-7-5-8-12-22)23-13-9-6-10-14-23/h1,5-20,28H,2-3H3. The van der Waals surface area contributed by atoms with E-state index in [-0.39, 0.29) is 17.7 Å². The Bertz CT molecular complexity index is 1160. The molecular formula is C29H24FN. The first-order valence-electron chi connectivity index (χ1n) is 10.5. The first-order valence-corrected chi connectivity index (χ1v) is 10.5. The van der Waals surface area contributed by atoms with Gasteiger partial charge < -0.3 is 0 Å². The van der Waals surface area contributed by atoms with Gasteiger partial charge in [0.2, 0.25) is 0 Å². The summed E-state index contributed by atoms with van der Waals surface area (Å²) in [6.45, 7) is 4.20. The van der Waals surface area contributed by atoms with Crippen LogP contribution in [-0.4, -0.2) is 4.98 Å². The molecule has 4 aromatic rings. The average molecular weight is 406 g/mol. The lowest BCUT2D eigenvalue weighted by Gasteiger charge is -2.22. The van der Waals surface area contributed by atoms with Crippen molar-refractivity contribution in [1.29, 1.82) is 0 Å². The van der Waals surface area contributed by atoms with E-state index in [1.54, 1.807) is 12.1 Å². The van der Waals surface area contributed by atoms with Crippen LogP contribution < -0.4 is 0 Å². The third-order valence-corrected chi connectivity index (χ3v) is 5.48. The van der Waals surface area contributed by atoms with Crippen LogP contribution in [0.3, 0.4) is 0 Å². The van der Waals surface area contributed by atoms with Gasteiger partial charge in [-0.05, 0) is 40.8 Å². The van der Waals surface area contributed by atoms with Crippen LogP contribution in [0.4, 0.5) is 4.39 Å². The van der Waals surface area contributed by atoms with Crippen molar-refractivity contribution in [2.45, 2.75) is 25.7 Å². The van der Waals surface area contributed by atoms with Gasteiger partial charge in [0.25, 0.3) is 0 Å². The molecule has 0 aliphatic rings. The summed E-state index contributed by atoms with van der Waals surface area (Å²) >= 11 is 0. The average Bonchev–Trinajstić information content (AvgIpc) is 2.80. The fraction of sp³-hybridized carbons (Fsp3) is 0.138. The van der Waals surface area contributed by atoms with Crippen molar-refractivity contribution >= 4 is 0 Å². The van der Waals surface area contributed by atoms with Crippen molar-refractivity contribution in [1.82, 2.24) is 4.98 Å². The highest BCUT2D eigenvalue weighted by Gasteiger charge is 2.23. The lowest BCUT2D eigenvalue weighted by atomic mass is 9.85. The Balaban J connectivity index is 2.00. The molecule has 152 valence electrons. The first-order chi connectivity index (χ1) is 15.1. The molecule has 0 bridgehead atoms. The zero-order valence-electron chi connectivity index (χ0n) is 17.7. The van der Waals surface area contributed by atoms with Gasteiger partial charge in [-0.15, -0.1) is 6.42 Å². The van der Waals surface area contributed by atoms with Crippen LogP contribution >= 0.6 is 0 Å². The summed E-state index contributed by atoms with van der Waals surface area (Å²) < 4.78 is 13.6. The van der Waals surface area contributed by atoms with Crippen LogP contribution in [0.2, 0.25) is 0 Å². The number of halogens is 1. The van der Waals surface area contributed by atoms with E-state index in [9.17, 15) is 4.39 Å². The monoisotopic (exact) mass is 405 g/mol. The molecule has 1 heterocycles. The second-order valence-corrected chi connectivity index (χ2v) is 7.92. The summed E-state index contributed by atoms with van der Waals surface area (Å²) in [5.74, 6) is 2.69. The minimum Gasteiger partial charge on any atom is -0.255 e. The number of rotatable bonds is 5. The van der Waals surface area contributed by atoms with Crippen molar-refractivity contribution < 1.29 is 4.39 Å². The highest BCUT2D eigenvalue weighted by Crippen LogP contribution is 2.36. The molecule has 0 aliphatic heterocycles. The molecule has 0 atom stereocenters. The number of aromatic nitrogens is 1. The van der Waals surface area contributed by atoms with E-state index in [4.69, 9.17) is 11.4 Å². The van der Waals surface area contributed by atoms with E-state index >= 15 is 0 Å². The van der Waals surface area contributed by atoms with Crippen molar-refractivity contribution in [3.8, 4) is 23.5 Å². The number of benzene rings is 3. The van der Waals surface area contributed by atoms with E-state index < -0.39 is 0 Å². The maximum absolute atomic E-state index is 13.6. The molecule has 0 aliphatic carbocycles. The van der Waals surface area contributed by atoms with Gasteiger partial charge in [0.05, 0.1) is 22.9 Å². The summed E-state index contributed by atoms with van der Waals surface area (Å²) in [6.07, 6.45) is 5.94. The van der Waals surface area contributed by atoms with E-state index in [0.29, 0.717) is 0 Å². The first kappa shape index (κ1) is 20.6. The van der Waals surface area contributed by atoms with Crippen LogP contribution in [0.5, 0.6) is 0 Å². The quantitative estimate of drug-likeness (QED) is 0.321. The molecule has 31 heavy (non-hydrogen) atoms. The van der Waals surface area contributed by atoms with Gasteiger partial charge in [-0.2, -0.15) is 0 Å². The molecule has 2 heteroatoms. The molecular weight excluding hydrogens is 381 g/mol. The number of nitrogens with zero attached hydrogens (tertiary/aromatic N) is 1. The Labute approximate surface area is 183 Å². The normalized spacial score (nSPS) is 11.0. The van der Waals surface area contributed by atoms with Gasteiger partial charge in [0.1, 0.15) is 5.82 Å². The molecule has 0 fully saturated rings. The van der Waals surface area contributed by atoms with Crippen LogP contribution in [0.1, 0.15) is 53.8 Å². The fourth-order valence-corrected chi connectivity index (χ4v) is 3.98. The maximum atomic E-state index is 13.6. The van der Waals surface area contributed by atoms with Gasteiger partial charge >= 0.3 is 0 Å². The molecule has 0 saturated carbocycles. The number of hydrogen-bond acceptors (Lipinski definition) is 1. The molecule has 0 amide bonds. The van der Waals surface area contributed by atoms with Gasteiger partial charge in [-0.1, -0.05) is 92.6 Å². The molecule has 0 spiro atoms. The molecule has 3 aromatic carbocycles. The van der Waals surface area contributed by atoms with Crippen LogP contribution in [-0.2, 0) is 0 Å². The molecule has 0 unspecified atom stereocenters. The maximum Gasteiger partial charge on any atom is 0.123 e. The number of terminal acetylenes is 1. The predicted molar refractivity (Wildman–Crippen MR) is 125 cm³/mol. The van der Waals surface area contributed by atoms with Crippen LogP contribution in [0.15, 0.2) is 91.0 Å². The zero-order valence-corrected chi connectivity index (χ0v) is 17.7. The Morgan fingerprint density at radius 1 is 0.806 bits per heavy atom. The van der Waals surface area contributed by atoms with Crippen LogP contribution in [0.25, 0.3) is 11.1 Å². The molecule has 1 nitrogen and oxygen atoms in total. The van der Waals surface area contributed by atoms with Crippen LogP contribution in [0, 0.1) is 18.2 Å². The second-order valence-electron chi connectivity index (χ2n) is 7.92. The van der Waals surface area contributed by atoms with E-state index in [1.165, 1.54) is 12.1 Å². The summed E-state index contributed by atoms with van der Waals surface area (Å²) in [4.78, 5) is 5.08. The Kier molecular flexibility index (Phi) is 5.96. The van der Waals surface area contributed by atoms with Crippen molar-refractivity contribution in [3.05, 3.63) is 125 Å². The van der Waals surface area contributed by atoms with Crippen molar-refractivity contribution in [2.75, 3.05) is 0 Å². The minimum absolute atomic E-state index is 0.0362. The molecule has 1 aromatic heterocycles. The summed E-state index contributed by atoms with van der Waals surface area (Å²) in [6, 6.07) is 29.3. The van der Waals surface area contributed by atoms with Gasteiger partial charge in [0.15, 0.2) is 0 Å². The Hall–Kier alpha value is -3.70. The van der Waals surface area contributed by atoms with Crippen molar-refractivity contribution in [3.63, 3.8) is 0 Å². The Morgan fingerprint density at radius 2 is 1.35 bits per heavy atom. The number of hydrogen-bond donors (Lipinski definition) is 0. The number of pyridine rings is 1. The summed E-state index contributed by atoms with van der Waals surface area (Å²) in [5.41, 5.74) is 6.71. The van der Waals surface area contributed by atoms with E-state index in [1.807, 2.05) is 36.4 Å². The van der Waals surface area contributed by atoms with E-state index in [0.717, 1.165) is 39.2 Å². The highest BCUT2D eigenvalue weighted by atomic mass is 19.1. The lowest BCUT2D eigenvalue weighted by Crippen LogP contribution is -2.10. The van der Waals surface area contributed by atoms with Crippen molar-refractivity contribution in [2.24, 2.45) is 0 Å². The smallest absolute Gasteiger partial charge is 0.123 e. The summed E-state index contributed by atoms with van der Waals surface area (Å²) in [7, 11) is 0.